The molecule has 1 fully saturated rings. The minimum Gasteiger partial charge on any atom is -0.371 e. The lowest BCUT2D eigenvalue weighted by Crippen LogP contribution is -2.41. The Hall–Kier alpha value is -1.67. The van der Waals surface area contributed by atoms with Crippen molar-refractivity contribution < 1.29 is 13.2 Å². The molecule has 0 saturated carbocycles. The standard InChI is InChI=1S/C16H18ClN3O3S/c1-19-11-14(10-18-19)16-12-20(7-8-23-16)24(21,22)9-6-13-4-2-3-5-15(13)17/h2-6,9-11,16H,7-8,12H2,1H3/b9-6+. The fourth-order valence-electron chi connectivity index (χ4n) is 2.52. The van der Waals surface area contributed by atoms with Crippen LogP contribution < -0.4 is 0 Å². The van der Waals surface area contributed by atoms with Gasteiger partial charge in [0, 0.05) is 42.3 Å². The van der Waals surface area contributed by atoms with Gasteiger partial charge < -0.3 is 4.74 Å². The van der Waals surface area contributed by atoms with Crippen molar-refractivity contribution in [1.82, 2.24) is 14.1 Å². The maximum Gasteiger partial charge on any atom is 0.236 e. The van der Waals surface area contributed by atoms with Crippen LogP contribution in [0.5, 0.6) is 0 Å². The molecule has 24 heavy (non-hydrogen) atoms. The molecule has 1 aromatic heterocycles. The van der Waals surface area contributed by atoms with Gasteiger partial charge in [-0.2, -0.15) is 9.40 Å². The molecule has 0 amide bonds. The molecule has 1 unspecified atom stereocenters. The Bertz CT molecular complexity index is 848. The maximum atomic E-state index is 12.6. The lowest BCUT2D eigenvalue weighted by Gasteiger charge is -2.30. The predicted octanol–water partition coefficient (Wildman–Crippen LogP) is 2.45. The zero-order valence-corrected chi connectivity index (χ0v) is 14.7. The highest BCUT2D eigenvalue weighted by Crippen LogP contribution is 2.24. The van der Waals surface area contributed by atoms with Crippen molar-refractivity contribution in [3.8, 4) is 0 Å². The van der Waals surface area contributed by atoms with E-state index in [1.165, 1.54) is 15.8 Å². The normalized spacial score (nSPS) is 19.8. The largest absolute Gasteiger partial charge is 0.371 e. The summed E-state index contributed by atoms with van der Waals surface area (Å²) >= 11 is 6.06. The van der Waals surface area contributed by atoms with Gasteiger partial charge in [-0.15, -0.1) is 0 Å². The van der Waals surface area contributed by atoms with Crippen LogP contribution in [-0.4, -0.2) is 42.2 Å². The Balaban J connectivity index is 1.75. The highest BCUT2D eigenvalue weighted by Gasteiger charge is 2.29. The van der Waals surface area contributed by atoms with Crippen LogP contribution in [0.25, 0.3) is 6.08 Å². The second-order valence-electron chi connectivity index (χ2n) is 5.53. The second-order valence-corrected chi connectivity index (χ2v) is 7.76. The zero-order valence-electron chi connectivity index (χ0n) is 13.2. The van der Waals surface area contributed by atoms with Gasteiger partial charge in [-0.25, -0.2) is 8.42 Å². The summed E-state index contributed by atoms with van der Waals surface area (Å²) in [5.41, 5.74) is 1.53. The van der Waals surface area contributed by atoms with Gasteiger partial charge in [0.1, 0.15) is 0 Å². The molecular formula is C16H18ClN3O3S. The number of sulfonamides is 1. The number of hydrogen-bond acceptors (Lipinski definition) is 4. The van der Waals surface area contributed by atoms with Gasteiger partial charge in [0.05, 0.1) is 18.9 Å². The van der Waals surface area contributed by atoms with Crippen LogP contribution in [0.3, 0.4) is 0 Å². The van der Waals surface area contributed by atoms with E-state index in [2.05, 4.69) is 5.10 Å². The first-order valence-electron chi connectivity index (χ1n) is 7.48. The van der Waals surface area contributed by atoms with Gasteiger partial charge >= 0.3 is 0 Å². The van der Waals surface area contributed by atoms with Gasteiger partial charge in [0.15, 0.2) is 0 Å². The first kappa shape index (κ1) is 17.2. The average molecular weight is 368 g/mol. The third-order valence-corrected chi connectivity index (χ3v) is 5.69. The molecule has 1 aromatic carbocycles. The van der Waals surface area contributed by atoms with E-state index in [1.54, 1.807) is 29.1 Å². The molecule has 6 nitrogen and oxygen atoms in total. The molecule has 2 heterocycles. The first-order chi connectivity index (χ1) is 11.5. The molecule has 128 valence electrons. The van der Waals surface area contributed by atoms with Gasteiger partial charge in [-0.3, -0.25) is 4.68 Å². The molecule has 8 heteroatoms. The van der Waals surface area contributed by atoms with E-state index < -0.39 is 10.0 Å². The van der Waals surface area contributed by atoms with Crippen LogP contribution in [0.4, 0.5) is 0 Å². The summed E-state index contributed by atoms with van der Waals surface area (Å²) in [5, 5.41) is 5.81. The fourth-order valence-corrected chi connectivity index (χ4v) is 3.88. The molecule has 0 spiro atoms. The number of benzene rings is 1. The van der Waals surface area contributed by atoms with Crippen LogP contribution in [-0.2, 0) is 21.8 Å². The molecule has 1 atom stereocenters. The summed E-state index contributed by atoms with van der Waals surface area (Å²) < 4.78 is 33.9. The van der Waals surface area contributed by atoms with E-state index in [0.717, 1.165) is 5.56 Å². The Labute approximate surface area is 146 Å². The summed E-state index contributed by atoms with van der Waals surface area (Å²) in [5.74, 6) is 0. The van der Waals surface area contributed by atoms with E-state index in [4.69, 9.17) is 16.3 Å². The van der Waals surface area contributed by atoms with E-state index in [0.29, 0.717) is 23.7 Å². The topological polar surface area (TPSA) is 64.4 Å². The van der Waals surface area contributed by atoms with E-state index in [9.17, 15) is 8.42 Å². The molecule has 0 radical (unpaired) electrons. The number of morpholine rings is 1. The van der Waals surface area contributed by atoms with Crippen LogP contribution in [0, 0.1) is 0 Å². The van der Waals surface area contributed by atoms with Crippen molar-refractivity contribution in [2.24, 2.45) is 7.05 Å². The highest BCUT2D eigenvalue weighted by molar-refractivity contribution is 7.92. The molecule has 3 rings (SSSR count). The van der Waals surface area contributed by atoms with Crippen molar-refractivity contribution in [1.29, 1.82) is 0 Å². The van der Waals surface area contributed by atoms with Crippen molar-refractivity contribution in [3.63, 3.8) is 0 Å². The Morgan fingerprint density at radius 3 is 2.88 bits per heavy atom. The van der Waals surface area contributed by atoms with Crippen LogP contribution in [0.1, 0.15) is 17.2 Å². The molecule has 0 aliphatic carbocycles. The quantitative estimate of drug-likeness (QED) is 0.832. The number of halogens is 1. The van der Waals surface area contributed by atoms with Crippen LogP contribution >= 0.6 is 11.6 Å². The average Bonchev–Trinajstić information content (AvgIpc) is 3.01. The van der Waals surface area contributed by atoms with Gasteiger partial charge in [0.25, 0.3) is 0 Å². The number of ether oxygens (including phenoxy) is 1. The first-order valence-corrected chi connectivity index (χ1v) is 9.37. The summed E-state index contributed by atoms with van der Waals surface area (Å²) in [4.78, 5) is 0. The number of hydrogen-bond donors (Lipinski definition) is 0. The zero-order chi connectivity index (χ0) is 17.2. The van der Waals surface area contributed by atoms with Crippen molar-refractivity contribution in [2.45, 2.75) is 6.10 Å². The Morgan fingerprint density at radius 2 is 2.17 bits per heavy atom. The lowest BCUT2D eigenvalue weighted by molar-refractivity contribution is -0.00220. The monoisotopic (exact) mass is 367 g/mol. The number of rotatable bonds is 4. The van der Waals surface area contributed by atoms with Crippen molar-refractivity contribution >= 4 is 27.7 Å². The summed E-state index contributed by atoms with van der Waals surface area (Å²) in [6.45, 7) is 0.936. The second kappa shape index (κ2) is 7.06. The molecule has 1 aliphatic heterocycles. The molecule has 1 saturated heterocycles. The summed E-state index contributed by atoms with van der Waals surface area (Å²) in [7, 11) is -1.73. The number of aryl methyl sites for hydroxylation is 1. The third-order valence-electron chi connectivity index (χ3n) is 3.81. The Morgan fingerprint density at radius 1 is 1.38 bits per heavy atom. The van der Waals surface area contributed by atoms with E-state index >= 15 is 0 Å². The Kier molecular flexibility index (Phi) is 5.05. The smallest absolute Gasteiger partial charge is 0.236 e. The molecule has 0 N–H and O–H groups in total. The highest BCUT2D eigenvalue weighted by atomic mass is 35.5. The minimum atomic E-state index is -3.55. The van der Waals surface area contributed by atoms with Gasteiger partial charge in [-0.1, -0.05) is 29.8 Å². The summed E-state index contributed by atoms with van der Waals surface area (Å²) in [6.07, 6.45) is 4.74. The lowest BCUT2D eigenvalue weighted by atomic mass is 10.2. The van der Waals surface area contributed by atoms with Gasteiger partial charge in [0.2, 0.25) is 10.0 Å². The molecular weight excluding hydrogens is 350 g/mol. The molecule has 1 aliphatic rings. The predicted molar refractivity (Wildman–Crippen MR) is 92.9 cm³/mol. The fraction of sp³-hybridized carbons (Fsp3) is 0.312. The molecule has 0 bridgehead atoms. The third kappa shape index (κ3) is 3.87. The summed E-state index contributed by atoms with van der Waals surface area (Å²) in [6, 6.07) is 7.10. The molecule has 2 aromatic rings. The van der Waals surface area contributed by atoms with Crippen LogP contribution in [0.2, 0.25) is 5.02 Å². The van der Waals surface area contributed by atoms with Gasteiger partial charge in [-0.05, 0) is 17.7 Å². The minimum absolute atomic E-state index is 0.265. The number of nitrogens with zero attached hydrogens (tertiary/aromatic N) is 3. The number of aromatic nitrogens is 2. The maximum absolute atomic E-state index is 12.6. The van der Waals surface area contributed by atoms with Crippen LogP contribution in [0.15, 0.2) is 42.1 Å². The van der Waals surface area contributed by atoms with Crippen molar-refractivity contribution in [3.05, 3.63) is 58.2 Å². The van der Waals surface area contributed by atoms with E-state index in [-0.39, 0.29) is 12.6 Å². The van der Waals surface area contributed by atoms with Crippen molar-refractivity contribution in [2.75, 3.05) is 19.7 Å². The van der Waals surface area contributed by atoms with E-state index in [1.807, 2.05) is 19.3 Å². The SMILES string of the molecule is Cn1cc(C2CN(S(=O)(=O)/C=C/c3ccccc3Cl)CCO2)cn1.